The number of ether oxygens (including phenoxy) is 1. The van der Waals surface area contributed by atoms with E-state index in [2.05, 4.69) is 26.5 Å². The summed E-state index contributed by atoms with van der Waals surface area (Å²) in [5.41, 5.74) is 3.35. The lowest BCUT2D eigenvalue weighted by Gasteiger charge is -2.05. The van der Waals surface area contributed by atoms with Crippen LogP contribution in [0.4, 0.5) is 0 Å². The monoisotopic (exact) mass is 454 g/mol. The quantitative estimate of drug-likeness (QED) is 0.235. The van der Waals surface area contributed by atoms with Crippen molar-refractivity contribution in [1.29, 1.82) is 0 Å². The number of nitrogens with one attached hydrogen (secondary N) is 1. The molecule has 0 fully saturated rings. The fourth-order valence-corrected chi connectivity index (χ4v) is 2.58. The van der Waals surface area contributed by atoms with Gasteiger partial charge in [0.1, 0.15) is 17.2 Å². The van der Waals surface area contributed by atoms with Crippen molar-refractivity contribution < 1.29 is 24.5 Å². The molecule has 3 N–H and O–H groups in total. The highest BCUT2D eigenvalue weighted by Crippen LogP contribution is 2.22. The average Bonchev–Trinajstić information content (AvgIpc) is 2.69. The van der Waals surface area contributed by atoms with Gasteiger partial charge in [0.05, 0.1) is 17.3 Å². The van der Waals surface area contributed by atoms with Crippen LogP contribution in [0.25, 0.3) is 0 Å². The third-order valence-corrected chi connectivity index (χ3v) is 4.30. The molecule has 0 unspecified atom stereocenters. The molecule has 0 saturated heterocycles. The van der Waals surface area contributed by atoms with Gasteiger partial charge in [-0.25, -0.2) is 10.2 Å². The molecule has 3 aromatic rings. The molecule has 0 bridgehead atoms. The van der Waals surface area contributed by atoms with Gasteiger partial charge < -0.3 is 14.9 Å². The molecule has 0 spiro atoms. The van der Waals surface area contributed by atoms with E-state index in [4.69, 9.17) is 4.74 Å². The zero-order chi connectivity index (χ0) is 20.8. The second-order valence-electron chi connectivity index (χ2n) is 5.87. The van der Waals surface area contributed by atoms with E-state index in [-0.39, 0.29) is 17.1 Å². The molecule has 0 aliphatic rings. The van der Waals surface area contributed by atoms with Gasteiger partial charge in [0.15, 0.2) is 0 Å². The number of halogens is 1. The number of phenolic OH excluding ortho intramolecular Hbond substituents is 2. The summed E-state index contributed by atoms with van der Waals surface area (Å²) in [7, 11) is 0. The van der Waals surface area contributed by atoms with E-state index < -0.39 is 11.9 Å². The Morgan fingerprint density at radius 3 is 2.31 bits per heavy atom. The molecule has 0 aromatic heterocycles. The SMILES string of the molecule is O=C(Oc1ccc(/C=N\NC(=O)c2ccc(O)cc2O)cc1)c1ccc(Br)cc1. The lowest BCUT2D eigenvalue weighted by molar-refractivity contribution is 0.0734. The van der Waals surface area contributed by atoms with Crippen molar-refractivity contribution in [2.24, 2.45) is 5.10 Å². The Kier molecular flexibility index (Phi) is 6.25. The maximum atomic E-state index is 12.1. The summed E-state index contributed by atoms with van der Waals surface area (Å²) >= 11 is 3.31. The number of hydrogen-bond donors (Lipinski definition) is 3. The molecule has 0 aliphatic heterocycles. The van der Waals surface area contributed by atoms with Crippen molar-refractivity contribution in [1.82, 2.24) is 5.43 Å². The number of carbonyl (C=O) groups excluding carboxylic acids is 2. The number of aromatic hydroxyl groups is 2. The smallest absolute Gasteiger partial charge is 0.343 e. The maximum Gasteiger partial charge on any atom is 0.343 e. The largest absolute Gasteiger partial charge is 0.508 e. The Morgan fingerprint density at radius 1 is 0.966 bits per heavy atom. The molecule has 3 aromatic carbocycles. The summed E-state index contributed by atoms with van der Waals surface area (Å²) in [5, 5.41) is 22.7. The predicted octanol–water partition coefficient (Wildman–Crippen LogP) is 3.84. The van der Waals surface area contributed by atoms with Gasteiger partial charge in [-0.2, -0.15) is 5.10 Å². The number of hydrazone groups is 1. The van der Waals surface area contributed by atoms with Crippen molar-refractivity contribution in [3.05, 3.63) is 87.9 Å². The molecule has 1 amide bonds. The highest BCUT2D eigenvalue weighted by molar-refractivity contribution is 9.10. The van der Waals surface area contributed by atoms with Gasteiger partial charge in [0.25, 0.3) is 5.91 Å². The minimum Gasteiger partial charge on any atom is -0.508 e. The van der Waals surface area contributed by atoms with E-state index in [1.165, 1.54) is 18.3 Å². The van der Waals surface area contributed by atoms with Crippen LogP contribution >= 0.6 is 15.9 Å². The van der Waals surface area contributed by atoms with Gasteiger partial charge in [-0.3, -0.25) is 4.79 Å². The molecule has 0 radical (unpaired) electrons. The molecule has 0 aliphatic carbocycles. The molecule has 8 heteroatoms. The zero-order valence-corrected chi connectivity index (χ0v) is 16.5. The van der Waals surface area contributed by atoms with Crippen LogP contribution in [0.1, 0.15) is 26.3 Å². The molecule has 0 heterocycles. The predicted molar refractivity (Wildman–Crippen MR) is 110 cm³/mol. The minimum atomic E-state index is -0.626. The standard InChI is InChI=1S/C21H15BrN2O5/c22-15-5-3-14(4-6-15)21(28)29-17-8-1-13(2-9-17)12-23-24-20(27)18-10-7-16(25)11-19(18)26/h1-12,25-26H,(H,24,27)/b23-12-. The van der Waals surface area contributed by atoms with Crippen molar-refractivity contribution in [2.45, 2.75) is 0 Å². The first-order valence-corrected chi connectivity index (χ1v) is 9.15. The first-order valence-electron chi connectivity index (χ1n) is 8.35. The molecule has 146 valence electrons. The topological polar surface area (TPSA) is 108 Å². The first kappa shape index (κ1) is 20.1. The van der Waals surface area contributed by atoms with Crippen molar-refractivity contribution in [3.63, 3.8) is 0 Å². The van der Waals surface area contributed by atoms with Crippen LogP contribution in [0.2, 0.25) is 0 Å². The number of phenols is 2. The Hall–Kier alpha value is -3.65. The molecule has 3 rings (SSSR count). The van der Waals surface area contributed by atoms with E-state index in [9.17, 15) is 19.8 Å². The molecule has 0 saturated carbocycles. The average molecular weight is 455 g/mol. The minimum absolute atomic E-state index is 0.0184. The highest BCUT2D eigenvalue weighted by Gasteiger charge is 2.11. The molecule has 7 nitrogen and oxygen atoms in total. The van der Waals surface area contributed by atoms with E-state index in [1.54, 1.807) is 48.5 Å². The van der Waals surface area contributed by atoms with Crippen LogP contribution < -0.4 is 10.2 Å². The van der Waals surface area contributed by atoms with Crippen LogP contribution in [0.5, 0.6) is 17.2 Å². The van der Waals surface area contributed by atoms with E-state index in [1.807, 2.05) is 0 Å². The number of amides is 1. The summed E-state index contributed by atoms with van der Waals surface area (Å²) < 4.78 is 6.17. The third kappa shape index (κ3) is 5.43. The van der Waals surface area contributed by atoms with Gasteiger partial charge in [0.2, 0.25) is 0 Å². The van der Waals surface area contributed by atoms with Crippen LogP contribution in [0.3, 0.4) is 0 Å². The Morgan fingerprint density at radius 2 is 1.66 bits per heavy atom. The number of nitrogens with zero attached hydrogens (tertiary/aromatic N) is 1. The van der Waals surface area contributed by atoms with Gasteiger partial charge in [-0.1, -0.05) is 15.9 Å². The molecule has 29 heavy (non-hydrogen) atoms. The van der Waals surface area contributed by atoms with Gasteiger partial charge >= 0.3 is 5.97 Å². The number of benzene rings is 3. The fraction of sp³-hybridized carbons (Fsp3) is 0. The third-order valence-electron chi connectivity index (χ3n) is 3.78. The van der Waals surface area contributed by atoms with Crippen LogP contribution in [0, 0.1) is 0 Å². The lowest BCUT2D eigenvalue weighted by atomic mass is 10.2. The number of hydrogen-bond acceptors (Lipinski definition) is 6. The van der Waals surface area contributed by atoms with Gasteiger partial charge in [0, 0.05) is 10.5 Å². The fourth-order valence-electron chi connectivity index (χ4n) is 2.31. The van der Waals surface area contributed by atoms with E-state index in [0.717, 1.165) is 10.5 Å². The Balaban J connectivity index is 1.57. The number of esters is 1. The molecule has 0 atom stereocenters. The second-order valence-corrected chi connectivity index (χ2v) is 6.78. The second kappa shape index (κ2) is 9.03. The highest BCUT2D eigenvalue weighted by atomic mass is 79.9. The maximum absolute atomic E-state index is 12.1. The summed E-state index contributed by atoms with van der Waals surface area (Å²) in [4.78, 5) is 24.1. The van der Waals surface area contributed by atoms with E-state index >= 15 is 0 Å². The van der Waals surface area contributed by atoms with E-state index in [0.29, 0.717) is 16.9 Å². The van der Waals surface area contributed by atoms with Gasteiger partial charge in [-0.15, -0.1) is 0 Å². The van der Waals surface area contributed by atoms with Gasteiger partial charge in [-0.05, 0) is 66.2 Å². The summed E-state index contributed by atoms with van der Waals surface area (Å²) in [6, 6.07) is 17.0. The summed E-state index contributed by atoms with van der Waals surface area (Å²) in [6.45, 7) is 0. The first-order chi connectivity index (χ1) is 13.9. The number of carbonyl (C=O) groups is 2. The zero-order valence-electron chi connectivity index (χ0n) is 14.9. The van der Waals surface area contributed by atoms with Crippen molar-refractivity contribution >= 4 is 34.0 Å². The molecular formula is C21H15BrN2O5. The summed E-state index contributed by atoms with van der Waals surface area (Å²) in [5.74, 6) is -1.23. The Bertz CT molecular complexity index is 1060. The lowest BCUT2D eigenvalue weighted by Crippen LogP contribution is -2.17. The number of rotatable bonds is 5. The van der Waals surface area contributed by atoms with Crippen LogP contribution in [-0.2, 0) is 0 Å². The molecular weight excluding hydrogens is 440 g/mol. The van der Waals surface area contributed by atoms with Crippen molar-refractivity contribution in [3.8, 4) is 17.2 Å². The van der Waals surface area contributed by atoms with Crippen molar-refractivity contribution in [2.75, 3.05) is 0 Å². The Labute approximate surface area is 174 Å². The van der Waals surface area contributed by atoms with Crippen LogP contribution in [0.15, 0.2) is 76.3 Å². The van der Waals surface area contributed by atoms with Crippen LogP contribution in [-0.4, -0.2) is 28.3 Å². The normalized spacial score (nSPS) is 10.7. The summed E-state index contributed by atoms with van der Waals surface area (Å²) in [6.07, 6.45) is 1.40.